The quantitative estimate of drug-likeness (QED) is 0.725. The minimum absolute atomic E-state index is 0.208. The third-order valence-corrected chi connectivity index (χ3v) is 6.88. The van der Waals surface area contributed by atoms with E-state index in [4.69, 9.17) is 0 Å². The molecule has 3 N–H and O–H groups in total. The molecule has 0 bridgehead atoms. The van der Waals surface area contributed by atoms with Crippen LogP contribution in [-0.4, -0.2) is 33.6 Å². The lowest BCUT2D eigenvalue weighted by molar-refractivity contribution is 0.0302. The van der Waals surface area contributed by atoms with E-state index < -0.39 is 12.2 Å². The summed E-state index contributed by atoms with van der Waals surface area (Å²) in [6, 6.07) is 0. The summed E-state index contributed by atoms with van der Waals surface area (Å²) >= 11 is 0. The summed E-state index contributed by atoms with van der Waals surface area (Å²) in [5.41, 5.74) is 3.41. The molecule has 0 unspecified atom stereocenters. The largest absolute Gasteiger partial charge is 0.393 e. The molecule has 134 valence electrons. The minimum Gasteiger partial charge on any atom is -0.393 e. The maximum atomic E-state index is 10.2. The zero-order valence-electron chi connectivity index (χ0n) is 15.0. The van der Waals surface area contributed by atoms with Crippen LogP contribution < -0.4 is 0 Å². The molecule has 0 saturated heterocycles. The second-order valence-electron chi connectivity index (χ2n) is 8.40. The summed E-state index contributed by atoms with van der Waals surface area (Å²) in [5.74, 6) is 0.946. The Labute approximate surface area is 145 Å². The normalized spacial score (nSPS) is 44.8. The second-order valence-corrected chi connectivity index (χ2v) is 8.40. The van der Waals surface area contributed by atoms with Gasteiger partial charge in [0.1, 0.15) is 0 Å². The molecule has 3 rings (SSSR count). The predicted molar refractivity (Wildman–Crippen MR) is 96.4 cm³/mol. The fourth-order valence-corrected chi connectivity index (χ4v) is 5.54. The molecule has 3 saturated carbocycles. The van der Waals surface area contributed by atoms with Crippen LogP contribution in [0.25, 0.3) is 0 Å². The summed E-state index contributed by atoms with van der Waals surface area (Å²) < 4.78 is 0. The Morgan fingerprint density at radius 3 is 2.71 bits per heavy atom. The van der Waals surface area contributed by atoms with Crippen molar-refractivity contribution in [3.05, 3.63) is 35.5 Å². The standard InChI is InChI=1S/C21H32O3/c1-13-16(11-17(23)12-20(13)24)7-6-15-5-4-10-21(3)18(14(2)22)8-9-19(15)21/h6-7,14,17-20,22-24H,1,4-5,8-12H2,2-3H3/t14-,17+,18+,19-,20-,21+/m0/s1. The van der Waals surface area contributed by atoms with E-state index in [0.717, 1.165) is 30.4 Å². The molecule has 3 heteroatoms. The molecular weight excluding hydrogens is 300 g/mol. The molecule has 0 heterocycles. The van der Waals surface area contributed by atoms with Crippen molar-refractivity contribution in [3.8, 4) is 0 Å². The summed E-state index contributed by atoms with van der Waals surface area (Å²) in [6.45, 7) is 8.29. The number of fused-ring (bicyclic) bond motifs is 1. The molecule has 0 amide bonds. The molecule has 0 aromatic rings. The van der Waals surface area contributed by atoms with Crippen LogP contribution in [0.2, 0.25) is 0 Å². The number of hydrogen-bond donors (Lipinski definition) is 3. The molecular formula is C21H32O3. The Bertz CT molecular complexity index is 559. The van der Waals surface area contributed by atoms with E-state index in [1.54, 1.807) is 0 Å². The van der Waals surface area contributed by atoms with Gasteiger partial charge in [0.05, 0.1) is 18.3 Å². The molecule has 0 aromatic heterocycles. The third-order valence-electron chi connectivity index (χ3n) is 6.88. The van der Waals surface area contributed by atoms with Crippen LogP contribution in [0.15, 0.2) is 35.5 Å². The van der Waals surface area contributed by atoms with E-state index in [2.05, 4.69) is 25.7 Å². The van der Waals surface area contributed by atoms with Crippen LogP contribution in [0.3, 0.4) is 0 Å². The molecule has 6 atom stereocenters. The summed E-state index contributed by atoms with van der Waals surface area (Å²) in [5, 5.41) is 30.1. The lowest BCUT2D eigenvalue weighted by Gasteiger charge is -2.43. The Kier molecular flexibility index (Phi) is 5.06. The van der Waals surface area contributed by atoms with Crippen molar-refractivity contribution in [1.82, 2.24) is 0 Å². The van der Waals surface area contributed by atoms with Crippen LogP contribution in [0.4, 0.5) is 0 Å². The summed E-state index contributed by atoms with van der Waals surface area (Å²) in [7, 11) is 0. The third kappa shape index (κ3) is 3.14. The Hall–Kier alpha value is -0.900. The molecule has 0 spiro atoms. The number of allylic oxidation sites excluding steroid dienone is 3. The van der Waals surface area contributed by atoms with Crippen molar-refractivity contribution in [1.29, 1.82) is 0 Å². The van der Waals surface area contributed by atoms with Crippen LogP contribution in [0, 0.1) is 17.3 Å². The molecule has 3 aliphatic rings. The lowest BCUT2D eigenvalue weighted by Crippen LogP contribution is -2.37. The van der Waals surface area contributed by atoms with Gasteiger partial charge >= 0.3 is 0 Å². The summed E-state index contributed by atoms with van der Waals surface area (Å²) in [6.07, 6.45) is 9.70. The molecule has 3 nitrogen and oxygen atoms in total. The molecule has 0 aromatic carbocycles. The van der Waals surface area contributed by atoms with Gasteiger partial charge in [-0.15, -0.1) is 0 Å². The highest BCUT2D eigenvalue weighted by molar-refractivity contribution is 5.38. The minimum atomic E-state index is -0.624. The van der Waals surface area contributed by atoms with Crippen molar-refractivity contribution >= 4 is 0 Å². The highest BCUT2D eigenvalue weighted by atomic mass is 16.3. The van der Waals surface area contributed by atoms with E-state index in [0.29, 0.717) is 24.7 Å². The van der Waals surface area contributed by atoms with Crippen molar-refractivity contribution in [2.45, 2.75) is 77.1 Å². The van der Waals surface area contributed by atoms with Crippen LogP contribution in [0.5, 0.6) is 0 Å². The number of rotatable bonds is 2. The number of aliphatic hydroxyl groups is 3. The Morgan fingerprint density at radius 2 is 2.00 bits per heavy atom. The molecule has 3 fully saturated rings. The van der Waals surface area contributed by atoms with Crippen LogP contribution in [0.1, 0.15) is 58.8 Å². The van der Waals surface area contributed by atoms with Crippen LogP contribution in [-0.2, 0) is 0 Å². The van der Waals surface area contributed by atoms with Gasteiger partial charge in [-0.3, -0.25) is 0 Å². The maximum Gasteiger partial charge on any atom is 0.0811 e. The van der Waals surface area contributed by atoms with E-state index in [1.807, 2.05) is 6.92 Å². The Morgan fingerprint density at radius 1 is 1.25 bits per heavy atom. The number of aliphatic hydroxyl groups excluding tert-OH is 3. The molecule has 24 heavy (non-hydrogen) atoms. The van der Waals surface area contributed by atoms with Crippen molar-refractivity contribution in [3.63, 3.8) is 0 Å². The zero-order valence-corrected chi connectivity index (χ0v) is 15.0. The van der Waals surface area contributed by atoms with E-state index in [9.17, 15) is 15.3 Å². The molecule has 3 aliphatic carbocycles. The van der Waals surface area contributed by atoms with E-state index >= 15 is 0 Å². The smallest absolute Gasteiger partial charge is 0.0811 e. The van der Waals surface area contributed by atoms with Gasteiger partial charge in [-0.05, 0) is 73.8 Å². The highest BCUT2D eigenvalue weighted by Gasteiger charge is 2.50. The monoisotopic (exact) mass is 332 g/mol. The first-order valence-corrected chi connectivity index (χ1v) is 9.46. The van der Waals surface area contributed by atoms with Crippen molar-refractivity contribution < 1.29 is 15.3 Å². The van der Waals surface area contributed by atoms with Gasteiger partial charge in [0.15, 0.2) is 0 Å². The SMILES string of the molecule is C=C1C(=CC=C2CCC[C@]3(C)[C@@H]([C@H](C)O)CC[C@@H]23)C[C@@H](O)C[C@@H]1O. The zero-order chi connectivity index (χ0) is 17.5. The Balaban J connectivity index is 1.83. The first-order chi connectivity index (χ1) is 11.3. The van der Waals surface area contributed by atoms with Crippen molar-refractivity contribution in [2.75, 3.05) is 0 Å². The summed E-state index contributed by atoms with van der Waals surface area (Å²) in [4.78, 5) is 0. The second kappa shape index (κ2) is 6.78. The van der Waals surface area contributed by atoms with Gasteiger partial charge in [0.25, 0.3) is 0 Å². The predicted octanol–water partition coefficient (Wildman–Crippen LogP) is 3.51. The van der Waals surface area contributed by atoms with E-state index in [-0.39, 0.29) is 11.5 Å². The van der Waals surface area contributed by atoms with Gasteiger partial charge in [-0.1, -0.05) is 31.2 Å². The topological polar surface area (TPSA) is 60.7 Å². The highest BCUT2D eigenvalue weighted by Crippen LogP contribution is 2.58. The lowest BCUT2D eigenvalue weighted by atomic mass is 9.62. The molecule has 0 radical (unpaired) electrons. The maximum absolute atomic E-state index is 10.2. The fraction of sp³-hybridized carbons (Fsp3) is 0.714. The van der Waals surface area contributed by atoms with Crippen LogP contribution >= 0.6 is 0 Å². The fourth-order valence-electron chi connectivity index (χ4n) is 5.54. The van der Waals surface area contributed by atoms with Gasteiger partial charge in [-0.25, -0.2) is 0 Å². The van der Waals surface area contributed by atoms with Gasteiger partial charge < -0.3 is 15.3 Å². The first-order valence-electron chi connectivity index (χ1n) is 9.46. The molecule has 0 aliphatic heterocycles. The average molecular weight is 332 g/mol. The van der Waals surface area contributed by atoms with Gasteiger partial charge in [0, 0.05) is 6.42 Å². The number of hydrogen-bond acceptors (Lipinski definition) is 3. The van der Waals surface area contributed by atoms with Crippen molar-refractivity contribution in [2.24, 2.45) is 17.3 Å². The van der Waals surface area contributed by atoms with Gasteiger partial charge in [-0.2, -0.15) is 0 Å². The average Bonchev–Trinajstić information content (AvgIpc) is 2.87. The van der Waals surface area contributed by atoms with E-state index in [1.165, 1.54) is 18.4 Å². The van der Waals surface area contributed by atoms with Gasteiger partial charge in [0.2, 0.25) is 0 Å². The first kappa shape index (κ1) is 17.9.